The maximum Gasteiger partial charge on any atom is 0.286 e. The Balaban J connectivity index is 1.63. The first-order valence-corrected chi connectivity index (χ1v) is 10.6. The summed E-state index contributed by atoms with van der Waals surface area (Å²) in [5.41, 5.74) is 1.17. The lowest BCUT2D eigenvalue weighted by molar-refractivity contribution is 0.0953. The van der Waals surface area contributed by atoms with E-state index in [9.17, 15) is 9.59 Å². The molecule has 156 valence electrons. The fourth-order valence-corrected chi connectivity index (χ4v) is 3.72. The lowest BCUT2D eigenvalue weighted by atomic mass is 10.2. The number of aromatic nitrogens is 7. The first-order chi connectivity index (χ1) is 14.6. The number of aromatic amines is 1. The van der Waals surface area contributed by atoms with Crippen LogP contribution in [0.15, 0.2) is 34.1 Å². The molecule has 0 spiro atoms. The normalized spacial score (nSPS) is 11.4. The van der Waals surface area contributed by atoms with Crippen molar-refractivity contribution in [2.24, 2.45) is 0 Å². The van der Waals surface area contributed by atoms with E-state index in [2.05, 4.69) is 53.3 Å². The van der Waals surface area contributed by atoms with Crippen LogP contribution >= 0.6 is 15.9 Å². The molecule has 4 heterocycles. The number of pyridine rings is 1. The summed E-state index contributed by atoms with van der Waals surface area (Å²) in [5, 5.41) is 11.3. The number of unbranched alkanes of at least 4 members (excludes halogenated alkanes) is 2. The molecule has 0 fully saturated rings. The monoisotopic (exact) mass is 472 g/mol. The molecular weight excluding hydrogens is 452 g/mol. The SMILES string of the molecule is CCCCCn1c2nc(Br)[nH]c2c(=O)n2c(CCNC(=O)c3cccnc3)nnc12. The van der Waals surface area contributed by atoms with Crippen LogP contribution in [0.3, 0.4) is 0 Å². The van der Waals surface area contributed by atoms with Gasteiger partial charge in [0.05, 0.1) is 5.56 Å². The highest BCUT2D eigenvalue weighted by Gasteiger charge is 2.19. The van der Waals surface area contributed by atoms with Gasteiger partial charge < -0.3 is 10.3 Å². The molecule has 4 aromatic rings. The van der Waals surface area contributed by atoms with E-state index >= 15 is 0 Å². The van der Waals surface area contributed by atoms with Crippen molar-refractivity contribution in [3.63, 3.8) is 0 Å². The second-order valence-corrected chi connectivity index (χ2v) is 7.64. The Morgan fingerprint density at radius 3 is 2.93 bits per heavy atom. The van der Waals surface area contributed by atoms with Crippen molar-refractivity contribution >= 4 is 38.8 Å². The molecule has 0 saturated carbocycles. The van der Waals surface area contributed by atoms with Crippen LogP contribution in [-0.2, 0) is 13.0 Å². The number of fused-ring (bicyclic) bond motifs is 2. The van der Waals surface area contributed by atoms with E-state index in [1.165, 1.54) is 10.6 Å². The number of imidazole rings is 1. The fourth-order valence-electron chi connectivity index (χ4n) is 3.35. The van der Waals surface area contributed by atoms with E-state index in [-0.39, 0.29) is 11.5 Å². The molecule has 0 radical (unpaired) electrons. The standard InChI is InChI=1S/C19H21BrN8O2/c1-2-3-4-10-27-15-14(23-18(20)24-15)17(30)28-13(25-26-19(27)28)7-9-22-16(29)12-6-5-8-21-11-12/h5-6,8,11H,2-4,7,9-10H2,1H3,(H,22,29)(H,23,24). The van der Waals surface area contributed by atoms with Gasteiger partial charge in [-0.05, 0) is 34.5 Å². The van der Waals surface area contributed by atoms with E-state index in [1.807, 2.05) is 4.57 Å². The lowest BCUT2D eigenvalue weighted by Crippen LogP contribution is -2.27. The molecule has 0 saturated heterocycles. The summed E-state index contributed by atoms with van der Waals surface area (Å²) in [6, 6.07) is 3.40. The van der Waals surface area contributed by atoms with E-state index in [0.717, 1.165) is 19.3 Å². The Morgan fingerprint density at radius 2 is 2.17 bits per heavy atom. The number of amides is 1. The summed E-state index contributed by atoms with van der Waals surface area (Å²) in [5.74, 6) is 0.711. The number of halogens is 1. The van der Waals surface area contributed by atoms with Crippen molar-refractivity contribution < 1.29 is 4.79 Å². The molecule has 0 atom stereocenters. The zero-order chi connectivity index (χ0) is 21.1. The van der Waals surface area contributed by atoms with Gasteiger partial charge in [-0.1, -0.05) is 19.8 Å². The number of aryl methyl sites for hydroxylation is 1. The number of rotatable bonds is 8. The summed E-state index contributed by atoms with van der Waals surface area (Å²) in [4.78, 5) is 36.6. The highest BCUT2D eigenvalue weighted by Crippen LogP contribution is 2.16. The van der Waals surface area contributed by atoms with Gasteiger partial charge in [0.2, 0.25) is 5.78 Å². The number of carbonyl (C=O) groups is 1. The van der Waals surface area contributed by atoms with Gasteiger partial charge in [-0.2, -0.15) is 0 Å². The van der Waals surface area contributed by atoms with Gasteiger partial charge >= 0.3 is 0 Å². The molecule has 30 heavy (non-hydrogen) atoms. The molecule has 0 bridgehead atoms. The molecule has 4 rings (SSSR count). The van der Waals surface area contributed by atoms with Gasteiger partial charge in [0.25, 0.3) is 11.5 Å². The van der Waals surface area contributed by atoms with Crippen LogP contribution in [0.5, 0.6) is 0 Å². The molecule has 2 N–H and O–H groups in total. The maximum atomic E-state index is 13.1. The minimum Gasteiger partial charge on any atom is -0.352 e. The number of nitrogens with zero attached hydrogens (tertiary/aromatic N) is 6. The zero-order valence-electron chi connectivity index (χ0n) is 16.4. The molecule has 0 unspecified atom stereocenters. The first-order valence-electron chi connectivity index (χ1n) is 9.80. The quantitative estimate of drug-likeness (QED) is 0.299. The maximum absolute atomic E-state index is 13.1. The summed E-state index contributed by atoms with van der Waals surface area (Å²) < 4.78 is 3.90. The molecule has 0 aliphatic carbocycles. The largest absolute Gasteiger partial charge is 0.352 e. The molecular formula is C19H21BrN8O2. The van der Waals surface area contributed by atoms with Crippen LogP contribution < -0.4 is 10.9 Å². The summed E-state index contributed by atoms with van der Waals surface area (Å²) in [7, 11) is 0. The Labute approximate surface area is 179 Å². The number of hydrogen-bond acceptors (Lipinski definition) is 6. The Bertz CT molecular complexity index is 1240. The predicted molar refractivity (Wildman–Crippen MR) is 114 cm³/mol. The number of nitrogens with one attached hydrogen (secondary N) is 2. The van der Waals surface area contributed by atoms with Crippen LogP contribution in [0.1, 0.15) is 42.4 Å². The van der Waals surface area contributed by atoms with Gasteiger partial charge in [0.15, 0.2) is 15.9 Å². The summed E-state index contributed by atoms with van der Waals surface area (Å²) in [6.07, 6.45) is 6.56. The van der Waals surface area contributed by atoms with Crippen LogP contribution in [0.25, 0.3) is 16.9 Å². The number of carbonyl (C=O) groups excluding carboxylic acids is 1. The molecule has 0 aromatic carbocycles. The molecule has 1 amide bonds. The molecule has 4 aromatic heterocycles. The Kier molecular flexibility index (Phi) is 5.88. The van der Waals surface area contributed by atoms with Crippen molar-refractivity contribution in [1.82, 2.24) is 39.4 Å². The van der Waals surface area contributed by atoms with Crippen LogP contribution in [0, 0.1) is 0 Å². The fraction of sp³-hybridized carbons (Fsp3) is 0.368. The van der Waals surface area contributed by atoms with Gasteiger partial charge in [0.1, 0.15) is 5.82 Å². The van der Waals surface area contributed by atoms with Gasteiger partial charge in [0, 0.05) is 31.9 Å². The van der Waals surface area contributed by atoms with Crippen molar-refractivity contribution in [3.8, 4) is 0 Å². The predicted octanol–water partition coefficient (Wildman–Crippen LogP) is 2.09. The van der Waals surface area contributed by atoms with Gasteiger partial charge in [-0.15, -0.1) is 10.2 Å². The third kappa shape index (κ3) is 3.84. The van der Waals surface area contributed by atoms with Gasteiger partial charge in [-0.25, -0.2) is 9.38 Å². The average molecular weight is 473 g/mol. The van der Waals surface area contributed by atoms with Crippen molar-refractivity contribution in [2.45, 2.75) is 39.2 Å². The van der Waals surface area contributed by atoms with Crippen LogP contribution in [-0.4, -0.2) is 46.6 Å². The molecule has 0 aliphatic heterocycles. The Morgan fingerprint density at radius 1 is 1.30 bits per heavy atom. The summed E-state index contributed by atoms with van der Waals surface area (Å²) in [6.45, 7) is 3.13. The molecule has 11 heteroatoms. The van der Waals surface area contributed by atoms with Crippen molar-refractivity contribution in [3.05, 3.63) is 51.0 Å². The molecule has 10 nitrogen and oxygen atoms in total. The highest BCUT2D eigenvalue weighted by atomic mass is 79.9. The first kappa shape index (κ1) is 20.2. The van der Waals surface area contributed by atoms with E-state index in [0.29, 0.717) is 52.6 Å². The van der Waals surface area contributed by atoms with Crippen LogP contribution in [0.4, 0.5) is 0 Å². The lowest BCUT2D eigenvalue weighted by Gasteiger charge is -2.09. The second-order valence-electron chi connectivity index (χ2n) is 6.89. The van der Waals surface area contributed by atoms with E-state index < -0.39 is 0 Å². The Hall–Kier alpha value is -3.08. The van der Waals surface area contributed by atoms with Gasteiger partial charge in [-0.3, -0.25) is 19.1 Å². The topological polar surface area (TPSA) is 123 Å². The van der Waals surface area contributed by atoms with Crippen molar-refractivity contribution in [2.75, 3.05) is 6.54 Å². The minimum absolute atomic E-state index is 0.228. The van der Waals surface area contributed by atoms with Crippen LogP contribution in [0.2, 0.25) is 0 Å². The molecule has 0 aliphatic rings. The highest BCUT2D eigenvalue weighted by molar-refractivity contribution is 9.10. The van der Waals surface area contributed by atoms with E-state index in [1.54, 1.807) is 18.3 Å². The average Bonchev–Trinajstić information content (AvgIpc) is 3.35. The smallest absolute Gasteiger partial charge is 0.286 e. The van der Waals surface area contributed by atoms with Crippen molar-refractivity contribution in [1.29, 1.82) is 0 Å². The second kappa shape index (κ2) is 8.74. The number of hydrogen-bond donors (Lipinski definition) is 2. The summed E-state index contributed by atoms with van der Waals surface area (Å²) >= 11 is 3.32. The van der Waals surface area contributed by atoms with E-state index in [4.69, 9.17) is 0 Å². The minimum atomic E-state index is -0.261. The third-order valence-corrected chi connectivity index (χ3v) is 5.20. The number of H-pyrrole nitrogens is 1. The third-order valence-electron chi connectivity index (χ3n) is 4.83. The zero-order valence-corrected chi connectivity index (χ0v) is 18.0.